The van der Waals surface area contributed by atoms with Gasteiger partial charge in [-0.2, -0.15) is 0 Å². The number of rotatable bonds is 4. The van der Waals surface area contributed by atoms with E-state index in [2.05, 4.69) is 64.4 Å². The molecule has 1 heterocycles. The monoisotopic (exact) mass is 424 g/mol. The molecule has 1 aliphatic carbocycles. The summed E-state index contributed by atoms with van der Waals surface area (Å²) in [7, 11) is -1.18. The largest absolute Gasteiger partial charge is 0.450 e. The molecule has 6 heteroatoms. The van der Waals surface area contributed by atoms with Gasteiger partial charge in [-0.05, 0) is 55.6 Å². The van der Waals surface area contributed by atoms with Gasteiger partial charge in [-0.15, -0.1) is 0 Å². The minimum Gasteiger partial charge on any atom is -0.450 e. The molecule has 1 amide bonds. The van der Waals surface area contributed by atoms with Crippen LogP contribution in [0.25, 0.3) is 0 Å². The fourth-order valence-electron chi connectivity index (χ4n) is 4.12. The Morgan fingerprint density at radius 2 is 2.08 bits per heavy atom. The quantitative estimate of drug-likeness (QED) is 0.695. The Morgan fingerprint density at radius 3 is 2.76 bits per heavy atom. The highest BCUT2D eigenvalue weighted by Gasteiger charge is 2.46. The summed E-state index contributed by atoms with van der Waals surface area (Å²) in [6.45, 7) is 9.47. The molecule has 0 aromatic heterocycles. The third-order valence-electron chi connectivity index (χ3n) is 5.48. The molecule has 3 rings (SSSR count). The van der Waals surface area contributed by atoms with Gasteiger partial charge >= 0.3 is 6.09 Å². The third kappa shape index (κ3) is 4.29. The van der Waals surface area contributed by atoms with Crippen molar-refractivity contribution >= 4 is 30.1 Å². The van der Waals surface area contributed by atoms with Crippen molar-refractivity contribution in [3.8, 4) is 0 Å². The minimum absolute atomic E-state index is 0.0463. The highest BCUT2D eigenvalue weighted by molar-refractivity contribution is 9.10. The Labute approximate surface area is 160 Å². The maximum Gasteiger partial charge on any atom is 0.407 e. The first-order chi connectivity index (χ1) is 11.8. The van der Waals surface area contributed by atoms with Gasteiger partial charge < -0.3 is 15.4 Å². The van der Waals surface area contributed by atoms with Crippen LogP contribution in [-0.4, -0.2) is 33.9 Å². The van der Waals surface area contributed by atoms with Crippen LogP contribution in [0, 0.1) is 0 Å². The number of benzene rings is 1. The summed E-state index contributed by atoms with van der Waals surface area (Å²) < 4.78 is 6.63. The lowest BCUT2D eigenvalue weighted by Gasteiger charge is -2.35. The van der Waals surface area contributed by atoms with Crippen molar-refractivity contribution in [3.05, 3.63) is 33.8 Å². The smallest absolute Gasteiger partial charge is 0.407 e. The van der Waals surface area contributed by atoms with Gasteiger partial charge in [-0.25, -0.2) is 4.79 Å². The fraction of sp³-hybridized carbons (Fsp3) is 0.632. The molecule has 25 heavy (non-hydrogen) atoms. The topological polar surface area (TPSA) is 50.4 Å². The van der Waals surface area contributed by atoms with Gasteiger partial charge in [-0.1, -0.05) is 47.7 Å². The highest BCUT2D eigenvalue weighted by Crippen LogP contribution is 2.52. The van der Waals surface area contributed by atoms with E-state index in [1.165, 1.54) is 15.6 Å². The predicted molar refractivity (Wildman–Crippen MR) is 108 cm³/mol. The molecule has 1 aromatic rings. The Morgan fingerprint density at radius 1 is 1.36 bits per heavy atom. The van der Waals surface area contributed by atoms with Crippen molar-refractivity contribution in [2.24, 2.45) is 0 Å². The molecular weight excluding hydrogens is 396 g/mol. The summed E-state index contributed by atoms with van der Waals surface area (Å²) in [6.07, 6.45) is 2.92. The molecule has 1 saturated heterocycles. The second-order valence-corrected chi connectivity index (χ2v) is 15.1. The van der Waals surface area contributed by atoms with Crippen LogP contribution in [-0.2, 0) is 10.2 Å². The van der Waals surface area contributed by atoms with E-state index in [1.807, 2.05) is 0 Å². The molecule has 1 aromatic carbocycles. The molecule has 1 atom stereocenters. The number of ether oxygens (including phenoxy) is 1. The Bertz CT molecular complexity index is 639. The average molecular weight is 425 g/mol. The number of alkyl carbamates (subject to hydrolysis) is 1. The SMILES string of the molecule is C[Si](C)(C)CCOC(=O)NC1CC2(CCNCC2)c2c(Br)cccc21. The summed E-state index contributed by atoms with van der Waals surface area (Å²) >= 11 is 3.76. The lowest BCUT2D eigenvalue weighted by molar-refractivity contribution is 0.145. The second kappa shape index (κ2) is 7.41. The first-order valence-corrected chi connectivity index (χ1v) is 13.7. The standard InChI is InChI=1S/C19H29BrN2O2Si/c1-25(2,3)12-11-24-18(23)22-16-13-19(7-9-21-10-8-19)17-14(16)5-4-6-15(17)20/h4-6,16,21H,7-13H2,1-3H3,(H,22,23). The van der Waals surface area contributed by atoms with Gasteiger partial charge in [0.15, 0.2) is 0 Å². The first-order valence-electron chi connectivity index (χ1n) is 9.24. The zero-order valence-electron chi connectivity index (χ0n) is 15.5. The lowest BCUT2D eigenvalue weighted by Crippen LogP contribution is -2.39. The Kier molecular flexibility index (Phi) is 5.61. The van der Waals surface area contributed by atoms with Crippen molar-refractivity contribution in [3.63, 3.8) is 0 Å². The van der Waals surface area contributed by atoms with Crippen molar-refractivity contribution in [1.29, 1.82) is 0 Å². The molecule has 1 spiro atoms. The van der Waals surface area contributed by atoms with Gasteiger partial charge in [0, 0.05) is 18.0 Å². The van der Waals surface area contributed by atoms with Crippen molar-refractivity contribution < 1.29 is 9.53 Å². The Balaban J connectivity index is 1.71. The van der Waals surface area contributed by atoms with E-state index in [0.29, 0.717) is 6.61 Å². The molecule has 2 N–H and O–H groups in total. The number of carbonyl (C=O) groups excluding carboxylic acids is 1. The molecule has 138 valence electrons. The predicted octanol–water partition coefficient (Wildman–Crippen LogP) is 4.58. The van der Waals surface area contributed by atoms with Crippen molar-refractivity contribution in [2.45, 2.75) is 56.4 Å². The average Bonchev–Trinajstić information content (AvgIpc) is 2.81. The van der Waals surface area contributed by atoms with Crippen LogP contribution in [0.3, 0.4) is 0 Å². The van der Waals surface area contributed by atoms with E-state index in [0.717, 1.165) is 38.4 Å². The van der Waals surface area contributed by atoms with Gasteiger partial charge in [0.05, 0.1) is 12.6 Å². The molecule has 2 aliphatic rings. The van der Waals surface area contributed by atoms with Crippen molar-refractivity contribution in [1.82, 2.24) is 10.6 Å². The summed E-state index contributed by atoms with van der Waals surface area (Å²) in [5.74, 6) is 0. The molecule has 1 unspecified atom stereocenters. The maximum atomic E-state index is 12.3. The van der Waals surface area contributed by atoms with Crippen molar-refractivity contribution in [2.75, 3.05) is 19.7 Å². The van der Waals surface area contributed by atoms with Crippen LogP contribution in [0.2, 0.25) is 25.7 Å². The van der Waals surface area contributed by atoms with E-state index in [-0.39, 0.29) is 17.6 Å². The van der Waals surface area contributed by atoms with E-state index in [1.54, 1.807) is 0 Å². The van der Waals surface area contributed by atoms with E-state index < -0.39 is 8.07 Å². The third-order valence-corrected chi connectivity index (χ3v) is 7.85. The van der Waals surface area contributed by atoms with Gasteiger partial charge in [0.1, 0.15) is 0 Å². The normalized spacial score (nSPS) is 21.8. The summed E-state index contributed by atoms with van der Waals surface area (Å²) in [5, 5.41) is 6.59. The molecule has 1 fully saturated rings. The first kappa shape index (κ1) is 18.9. The number of nitrogens with one attached hydrogen (secondary N) is 2. The molecule has 0 saturated carbocycles. The molecule has 0 radical (unpaired) electrons. The van der Waals surface area contributed by atoms with E-state index >= 15 is 0 Å². The van der Waals surface area contributed by atoms with Gasteiger partial charge in [0.2, 0.25) is 0 Å². The fourth-order valence-corrected chi connectivity index (χ4v) is 5.63. The summed E-state index contributed by atoms with van der Waals surface area (Å²) in [5.41, 5.74) is 2.80. The minimum atomic E-state index is -1.18. The van der Waals surface area contributed by atoms with Crippen LogP contribution < -0.4 is 10.6 Å². The zero-order valence-corrected chi connectivity index (χ0v) is 18.0. The number of hydrogen-bond acceptors (Lipinski definition) is 3. The number of amides is 1. The second-order valence-electron chi connectivity index (χ2n) is 8.58. The van der Waals surface area contributed by atoms with Crippen LogP contribution in [0.15, 0.2) is 22.7 Å². The number of piperidine rings is 1. The number of hydrogen-bond donors (Lipinski definition) is 2. The van der Waals surface area contributed by atoms with Crippen LogP contribution >= 0.6 is 15.9 Å². The summed E-state index contributed by atoms with van der Waals surface area (Å²) in [6, 6.07) is 7.39. The van der Waals surface area contributed by atoms with Crippen LogP contribution in [0.4, 0.5) is 4.79 Å². The molecular formula is C19H29BrN2O2Si. The van der Waals surface area contributed by atoms with Gasteiger partial charge in [0.25, 0.3) is 0 Å². The number of halogens is 1. The number of carbonyl (C=O) groups is 1. The Hall–Kier alpha value is -0.853. The van der Waals surface area contributed by atoms with E-state index in [4.69, 9.17) is 4.74 Å². The molecule has 1 aliphatic heterocycles. The summed E-state index contributed by atoms with van der Waals surface area (Å²) in [4.78, 5) is 12.3. The zero-order chi connectivity index (χ0) is 18.1. The van der Waals surface area contributed by atoms with Crippen LogP contribution in [0.5, 0.6) is 0 Å². The maximum absolute atomic E-state index is 12.3. The van der Waals surface area contributed by atoms with E-state index in [9.17, 15) is 4.79 Å². The molecule has 4 nitrogen and oxygen atoms in total. The lowest BCUT2D eigenvalue weighted by atomic mass is 9.74. The molecule has 0 bridgehead atoms. The number of fused-ring (bicyclic) bond motifs is 2. The van der Waals surface area contributed by atoms with Crippen LogP contribution in [0.1, 0.15) is 36.4 Å². The van der Waals surface area contributed by atoms with Gasteiger partial charge in [-0.3, -0.25) is 0 Å². The highest BCUT2D eigenvalue weighted by atomic mass is 79.9.